The maximum absolute atomic E-state index is 12.4. The van der Waals surface area contributed by atoms with Gasteiger partial charge in [-0.3, -0.25) is 0 Å². The van der Waals surface area contributed by atoms with Crippen molar-refractivity contribution in [3.63, 3.8) is 0 Å². The molecule has 0 aliphatic rings. The first kappa shape index (κ1) is 18.6. The Balaban J connectivity index is 1.78. The molecule has 0 aliphatic heterocycles. The molecule has 2 aromatic carbocycles. The Hall–Kier alpha value is -2.69. The van der Waals surface area contributed by atoms with E-state index in [-0.39, 0.29) is 12.1 Å². The SMILES string of the molecule is COc1ccc(OCCNC(=O)N(Cc2ccccc2)C(C)C)cc1. The number of nitrogens with zero attached hydrogens (tertiary/aromatic N) is 1. The fraction of sp³-hybridized carbons (Fsp3) is 0.350. The highest BCUT2D eigenvalue weighted by Gasteiger charge is 2.16. The molecule has 0 heterocycles. The van der Waals surface area contributed by atoms with Crippen LogP contribution in [-0.4, -0.2) is 37.2 Å². The quantitative estimate of drug-likeness (QED) is 0.744. The topological polar surface area (TPSA) is 50.8 Å². The van der Waals surface area contributed by atoms with Crippen molar-refractivity contribution in [2.45, 2.75) is 26.4 Å². The maximum atomic E-state index is 12.4. The first-order chi connectivity index (χ1) is 12.1. The number of ether oxygens (including phenoxy) is 2. The highest BCUT2D eigenvalue weighted by atomic mass is 16.5. The number of nitrogens with one attached hydrogen (secondary N) is 1. The van der Waals surface area contributed by atoms with Crippen molar-refractivity contribution < 1.29 is 14.3 Å². The number of methoxy groups -OCH3 is 1. The van der Waals surface area contributed by atoms with Crippen LogP contribution in [0.25, 0.3) is 0 Å². The Labute approximate surface area is 149 Å². The van der Waals surface area contributed by atoms with Crippen molar-refractivity contribution in [2.24, 2.45) is 0 Å². The molecule has 0 spiro atoms. The summed E-state index contributed by atoms with van der Waals surface area (Å²) in [6, 6.07) is 17.4. The minimum Gasteiger partial charge on any atom is -0.497 e. The molecule has 5 heteroatoms. The summed E-state index contributed by atoms with van der Waals surface area (Å²) in [5.41, 5.74) is 1.11. The van der Waals surface area contributed by atoms with E-state index in [1.807, 2.05) is 73.3 Å². The summed E-state index contributed by atoms with van der Waals surface area (Å²) in [7, 11) is 1.63. The van der Waals surface area contributed by atoms with Gasteiger partial charge in [0, 0.05) is 12.6 Å². The zero-order valence-electron chi connectivity index (χ0n) is 15.1. The molecule has 25 heavy (non-hydrogen) atoms. The molecule has 0 saturated heterocycles. The van der Waals surface area contributed by atoms with Crippen LogP contribution in [0.4, 0.5) is 4.79 Å². The number of hydrogen-bond donors (Lipinski definition) is 1. The predicted molar refractivity (Wildman–Crippen MR) is 99.0 cm³/mol. The first-order valence-electron chi connectivity index (χ1n) is 8.45. The second-order valence-electron chi connectivity index (χ2n) is 5.96. The van der Waals surface area contributed by atoms with E-state index < -0.39 is 0 Å². The summed E-state index contributed by atoms with van der Waals surface area (Å²) in [5.74, 6) is 1.54. The van der Waals surface area contributed by atoms with Gasteiger partial charge in [-0.2, -0.15) is 0 Å². The van der Waals surface area contributed by atoms with Gasteiger partial charge < -0.3 is 19.7 Å². The molecule has 1 N–H and O–H groups in total. The van der Waals surface area contributed by atoms with E-state index in [0.29, 0.717) is 19.7 Å². The van der Waals surface area contributed by atoms with E-state index in [4.69, 9.17) is 9.47 Å². The molecule has 2 aromatic rings. The number of amides is 2. The number of carbonyl (C=O) groups excluding carboxylic acids is 1. The second-order valence-corrected chi connectivity index (χ2v) is 5.96. The lowest BCUT2D eigenvalue weighted by atomic mass is 10.2. The van der Waals surface area contributed by atoms with Crippen LogP contribution in [0.3, 0.4) is 0 Å². The molecule has 5 nitrogen and oxygen atoms in total. The number of urea groups is 1. The lowest BCUT2D eigenvalue weighted by molar-refractivity contribution is 0.177. The van der Waals surface area contributed by atoms with Crippen molar-refractivity contribution in [1.82, 2.24) is 10.2 Å². The van der Waals surface area contributed by atoms with E-state index in [1.165, 1.54) is 0 Å². The van der Waals surface area contributed by atoms with Crippen molar-refractivity contribution in [2.75, 3.05) is 20.3 Å². The molecule has 2 amide bonds. The molecule has 2 rings (SSSR count). The Morgan fingerprint density at radius 3 is 2.28 bits per heavy atom. The number of rotatable bonds is 8. The number of benzene rings is 2. The van der Waals surface area contributed by atoms with Gasteiger partial charge >= 0.3 is 6.03 Å². The normalized spacial score (nSPS) is 10.4. The molecule has 0 fully saturated rings. The Kier molecular flexibility index (Phi) is 7.14. The molecule has 0 atom stereocenters. The van der Waals surface area contributed by atoms with E-state index in [0.717, 1.165) is 17.1 Å². The van der Waals surface area contributed by atoms with Crippen LogP contribution < -0.4 is 14.8 Å². The largest absolute Gasteiger partial charge is 0.497 e. The van der Waals surface area contributed by atoms with Crippen molar-refractivity contribution in [1.29, 1.82) is 0 Å². The lowest BCUT2D eigenvalue weighted by Crippen LogP contribution is -2.44. The van der Waals surface area contributed by atoms with Gasteiger partial charge in [0.2, 0.25) is 0 Å². The zero-order valence-corrected chi connectivity index (χ0v) is 15.1. The third-order valence-electron chi connectivity index (χ3n) is 3.79. The average molecular weight is 342 g/mol. The summed E-state index contributed by atoms with van der Waals surface area (Å²) in [6.45, 7) is 5.47. The standard InChI is InChI=1S/C20H26N2O3/c1-16(2)22(15-17-7-5-4-6-8-17)20(23)21-13-14-25-19-11-9-18(24-3)10-12-19/h4-12,16H,13-15H2,1-3H3,(H,21,23). The molecular weight excluding hydrogens is 316 g/mol. The van der Waals surface area contributed by atoms with Crippen LogP contribution in [0, 0.1) is 0 Å². The van der Waals surface area contributed by atoms with Gasteiger partial charge in [0.15, 0.2) is 0 Å². The first-order valence-corrected chi connectivity index (χ1v) is 8.45. The summed E-state index contributed by atoms with van der Waals surface area (Å²) < 4.78 is 10.7. The third kappa shape index (κ3) is 6.03. The van der Waals surface area contributed by atoms with Gasteiger partial charge in [0.1, 0.15) is 18.1 Å². The summed E-state index contributed by atoms with van der Waals surface area (Å²) in [4.78, 5) is 14.2. The van der Waals surface area contributed by atoms with Gasteiger partial charge in [-0.15, -0.1) is 0 Å². The van der Waals surface area contributed by atoms with E-state index in [1.54, 1.807) is 7.11 Å². The summed E-state index contributed by atoms with van der Waals surface area (Å²) in [5, 5.41) is 2.91. The van der Waals surface area contributed by atoms with Gasteiger partial charge in [0.05, 0.1) is 13.7 Å². The third-order valence-corrected chi connectivity index (χ3v) is 3.79. The minimum absolute atomic E-state index is 0.0859. The van der Waals surface area contributed by atoms with E-state index >= 15 is 0 Å². The monoisotopic (exact) mass is 342 g/mol. The van der Waals surface area contributed by atoms with Crippen LogP contribution >= 0.6 is 0 Å². The summed E-state index contributed by atoms with van der Waals surface area (Å²) >= 11 is 0. The Morgan fingerprint density at radius 1 is 1.04 bits per heavy atom. The number of carbonyl (C=O) groups is 1. The van der Waals surface area contributed by atoms with Crippen LogP contribution in [0.5, 0.6) is 11.5 Å². The molecular formula is C20H26N2O3. The van der Waals surface area contributed by atoms with Crippen molar-refractivity contribution in [3.05, 3.63) is 60.2 Å². The highest BCUT2D eigenvalue weighted by Crippen LogP contribution is 2.16. The lowest BCUT2D eigenvalue weighted by Gasteiger charge is -2.27. The van der Waals surface area contributed by atoms with Crippen molar-refractivity contribution >= 4 is 6.03 Å². The van der Waals surface area contributed by atoms with E-state index in [9.17, 15) is 4.79 Å². The fourth-order valence-electron chi connectivity index (χ4n) is 2.37. The van der Waals surface area contributed by atoms with Crippen LogP contribution in [-0.2, 0) is 6.54 Å². The van der Waals surface area contributed by atoms with Crippen molar-refractivity contribution in [3.8, 4) is 11.5 Å². The molecule has 134 valence electrons. The average Bonchev–Trinajstić information content (AvgIpc) is 2.64. The molecule has 0 aliphatic carbocycles. The van der Waals surface area contributed by atoms with Crippen LogP contribution in [0.2, 0.25) is 0 Å². The van der Waals surface area contributed by atoms with Gasteiger partial charge in [-0.1, -0.05) is 30.3 Å². The Morgan fingerprint density at radius 2 is 1.68 bits per heavy atom. The molecule has 0 saturated carbocycles. The Bertz CT molecular complexity index is 642. The molecule has 0 aromatic heterocycles. The number of hydrogen-bond acceptors (Lipinski definition) is 3. The fourth-order valence-corrected chi connectivity index (χ4v) is 2.37. The molecule has 0 bridgehead atoms. The smallest absolute Gasteiger partial charge is 0.318 e. The van der Waals surface area contributed by atoms with Gasteiger partial charge in [0.25, 0.3) is 0 Å². The van der Waals surface area contributed by atoms with Gasteiger partial charge in [-0.25, -0.2) is 4.79 Å². The van der Waals surface area contributed by atoms with E-state index in [2.05, 4.69) is 5.32 Å². The minimum atomic E-state index is -0.0859. The highest BCUT2D eigenvalue weighted by molar-refractivity contribution is 5.74. The predicted octanol–water partition coefficient (Wildman–Crippen LogP) is 3.69. The molecule has 0 radical (unpaired) electrons. The zero-order chi connectivity index (χ0) is 18.1. The maximum Gasteiger partial charge on any atom is 0.318 e. The molecule has 0 unspecified atom stereocenters. The second kappa shape index (κ2) is 9.57. The summed E-state index contributed by atoms with van der Waals surface area (Å²) in [6.07, 6.45) is 0. The van der Waals surface area contributed by atoms with Crippen LogP contribution in [0.1, 0.15) is 19.4 Å². The van der Waals surface area contributed by atoms with Crippen LogP contribution in [0.15, 0.2) is 54.6 Å². The van der Waals surface area contributed by atoms with Gasteiger partial charge in [-0.05, 0) is 43.7 Å².